The Bertz CT molecular complexity index is 990. The Morgan fingerprint density at radius 2 is 1.55 bits per heavy atom. The molecular formula is C20H26N2O6S. The van der Waals surface area contributed by atoms with E-state index in [9.17, 15) is 13.2 Å². The highest BCUT2D eigenvalue weighted by atomic mass is 32.2. The number of hydrogen-bond donors (Lipinski definition) is 1. The third-order valence-corrected chi connectivity index (χ3v) is 5.54. The van der Waals surface area contributed by atoms with Crippen LogP contribution < -0.4 is 23.8 Å². The van der Waals surface area contributed by atoms with E-state index in [1.54, 1.807) is 36.4 Å². The van der Waals surface area contributed by atoms with E-state index in [0.29, 0.717) is 28.6 Å². The van der Waals surface area contributed by atoms with E-state index < -0.39 is 22.0 Å². The van der Waals surface area contributed by atoms with Crippen molar-refractivity contribution < 1.29 is 27.4 Å². The number of amides is 1. The fraction of sp³-hybridized carbons (Fsp3) is 0.350. The van der Waals surface area contributed by atoms with Crippen LogP contribution in [0.15, 0.2) is 36.4 Å². The number of ether oxygens (including phenoxy) is 3. The minimum atomic E-state index is -3.78. The molecule has 8 nitrogen and oxygen atoms in total. The number of methoxy groups -OCH3 is 3. The fourth-order valence-corrected chi connectivity index (χ4v) is 4.08. The van der Waals surface area contributed by atoms with E-state index in [4.69, 9.17) is 14.2 Å². The highest BCUT2D eigenvalue weighted by molar-refractivity contribution is 7.92. The molecule has 1 amide bonds. The van der Waals surface area contributed by atoms with Crippen molar-refractivity contribution in [2.75, 3.05) is 37.2 Å². The maximum Gasteiger partial charge on any atom is 0.247 e. The summed E-state index contributed by atoms with van der Waals surface area (Å²) in [4.78, 5) is 12.9. The van der Waals surface area contributed by atoms with Crippen LogP contribution in [0, 0.1) is 6.92 Å². The van der Waals surface area contributed by atoms with Gasteiger partial charge in [-0.05, 0) is 43.7 Å². The first-order valence-electron chi connectivity index (χ1n) is 8.79. The molecule has 0 aromatic heterocycles. The first-order chi connectivity index (χ1) is 13.6. The molecule has 0 fully saturated rings. The molecule has 1 unspecified atom stereocenters. The van der Waals surface area contributed by atoms with Crippen molar-refractivity contribution in [2.24, 2.45) is 0 Å². The Kier molecular flexibility index (Phi) is 6.97. The molecule has 1 N–H and O–H groups in total. The predicted molar refractivity (Wildman–Crippen MR) is 113 cm³/mol. The fourth-order valence-electron chi connectivity index (χ4n) is 2.91. The Balaban J connectivity index is 2.39. The number of hydrogen-bond acceptors (Lipinski definition) is 6. The number of carbonyl (C=O) groups excluding carboxylic acids is 1. The Morgan fingerprint density at radius 1 is 0.966 bits per heavy atom. The highest BCUT2D eigenvalue weighted by Crippen LogP contribution is 2.33. The minimum Gasteiger partial charge on any atom is -0.495 e. The van der Waals surface area contributed by atoms with Gasteiger partial charge in [0.1, 0.15) is 11.8 Å². The van der Waals surface area contributed by atoms with Crippen LogP contribution in [-0.2, 0) is 14.8 Å². The van der Waals surface area contributed by atoms with Gasteiger partial charge >= 0.3 is 0 Å². The molecule has 0 bridgehead atoms. The number of anilines is 2. The van der Waals surface area contributed by atoms with E-state index in [-0.39, 0.29) is 0 Å². The number of rotatable bonds is 8. The summed E-state index contributed by atoms with van der Waals surface area (Å²) in [5, 5.41) is 2.72. The van der Waals surface area contributed by atoms with Gasteiger partial charge in [0.05, 0.1) is 33.3 Å². The molecule has 2 aromatic rings. The van der Waals surface area contributed by atoms with E-state index in [1.165, 1.54) is 28.3 Å². The summed E-state index contributed by atoms with van der Waals surface area (Å²) >= 11 is 0. The van der Waals surface area contributed by atoms with Crippen molar-refractivity contribution in [2.45, 2.75) is 19.9 Å². The second-order valence-corrected chi connectivity index (χ2v) is 8.33. The SMILES string of the molecule is COc1ccc(NC(=O)C(C)N(c2cc(C)ccc2OC)S(C)(=O)=O)cc1OC. The quantitative estimate of drug-likeness (QED) is 0.703. The zero-order chi connectivity index (χ0) is 21.8. The third-order valence-electron chi connectivity index (χ3n) is 4.31. The number of nitrogens with one attached hydrogen (secondary N) is 1. The number of benzene rings is 2. The highest BCUT2D eigenvalue weighted by Gasteiger charge is 2.31. The molecule has 2 aromatic carbocycles. The molecule has 0 spiro atoms. The normalized spacial score (nSPS) is 12.1. The van der Waals surface area contributed by atoms with Gasteiger partial charge in [-0.3, -0.25) is 9.10 Å². The van der Waals surface area contributed by atoms with Gasteiger partial charge in [0.2, 0.25) is 15.9 Å². The van der Waals surface area contributed by atoms with E-state index in [1.807, 2.05) is 6.92 Å². The van der Waals surface area contributed by atoms with Crippen LogP contribution in [0.4, 0.5) is 11.4 Å². The van der Waals surface area contributed by atoms with Crippen molar-refractivity contribution in [3.8, 4) is 17.2 Å². The second kappa shape index (κ2) is 9.04. The molecule has 0 aliphatic carbocycles. The van der Waals surface area contributed by atoms with Crippen LogP contribution in [0.5, 0.6) is 17.2 Å². The Morgan fingerprint density at radius 3 is 2.10 bits per heavy atom. The molecule has 158 valence electrons. The minimum absolute atomic E-state index is 0.296. The number of aryl methyl sites for hydroxylation is 1. The molecule has 0 saturated carbocycles. The van der Waals surface area contributed by atoms with Crippen molar-refractivity contribution in [1.82, 2.24) is 0 Å². The zero-order valence-electron chi connectivity index (χ0n) is 17.3. The van der Waals surface area contributed by atoms with Gasteiger partial charge in [-0.2, -0.15) is 0 Å². The van der Waals surface area contributed by atoms with Crippen LogP contribution in [0.1, 0.15) is 12.5 Å². The number of carbonyl (C=O) groups is 1. The summed E-state index contributed by atoms with van der Waals surface area (Å²) < 4.78 is 41.9. The van der Waals surface area contributed by atoms with Gasteiger partial charge < -0.3 is 19.5 Å². The predicted octanol–water partition coefficient (Wildman–Crippen LogP) is 2.81. The number of sulfonamides is 1. The summed E-state index contributed by atoms with van der Waals surface area (Å²) in [6.07, 6.45) is 1.05. The molecule has 0 aliphatic rings. The zero-order valence-corrected chi connectivity index (χ0v) is 18.2. The Hall–Kier alpha value is -2.94. The average Bonchev–Trinajstić information content (AvgIpc) is 2.67. The average molecular weight is 423 g/mol. The molecule has 0 saturated heterocycles. The van der Waals surface area contributed by atoms with Crippen molar-refractivity contribution >= 4 is 27.3 Å². The maximum absolute atomic E-state index is 12.9. The molecule has 9 heteroatoms. The van der Waals surface area contributed by atoms with E-state index in [2.05, 4.69) is 5.32 Å². The summed E-state index contributed by atoms with van der Waals surface area (Å²) in [5.41, 5.74) is 1.58. The van der Waals surface area contributed by atoms with E-state index in [0.717, 1.165) is 16.1 Å². The molecule has 0 heterocycles. The van der Waals surface area contributed by atoms with Crippen LogP contribution in [0.3, 0.4) is 0 Å². The van der Waals surface area contributed by atoms with Crippen LogP contribution in [-0.4, -0.2) is 48.0 Å². The maximum atomic E-state index is 12.9. The van der Waals surface area contributed by atoms with Gasteiger partial charge in [0, 0.05) is 11.8 Å². The lowest BCUT2D eigenvalue weighted by atomic mass is 10.2. The first kappa shape index (κ1) is 22.4. The lowest BCUT2D eigenvalue weighted by molar-refractivity contribution is -0.116. The number of nitrogens with zero attached hydrogens (tertiary/aromatic N) is 1. The Labute approximate surface area is 171 Å². The van der Waals surface area contributed by atoms with E-state index >= 15 is 0 Å². The molecule has 0 radical (unpaired) electrons. The van der Waals surface area contributed by atoms with Gasteiger partial charge in [-0.1, -0.05) is 6.07 Å². The molecule has 0 aliphatic heterocycles. The van der Waals surface area contributed by atoms with Gasteiger partial charge in [-0.15, -0.1) is 0 Å². The topological polar surface area (TPSA) is 94.2 Å². The van der Waals surface area contributed by atoms with Gasteiger partial charge in [0.15, 0.2) is 11.5 Å². The monoisotopic (exact) mass is 422 g/mol. The summed E-state index contributed by atoms with van der Waals surface area (Å²) in [5.74, 6) is 0.803. The lowest BCUT2D eigenvalue weighted by Crippen LogP contribution is -2.45. The van der Waals surface area contributed by atoms with Crippen molar-refractivity contribution in [3.63, 3.8) is 0 Å². The first-order valence-corrected chi connectivity index (χ1v) is 10.6. The van der Waals surface area contributed by atoms with Crippen LogP contribution in [0.25, 0.3) is 0 Å². The molecule has 1 atom stereocenters. The second-order valence-electron chi connectivity index (χ2n) is 6.47. The largest absolute Gasteiger partial charge is 0.495 e. The van der Waals surface area contributed by atoms with Gasteiger partial charge in [0.25, 0.3) is 0 Å². The van der Waals surface area contributed by atoms with Gasteiger partial charge in [-0.25, -0.2) is 8.42 Å². The lowest BCUT2D eigenvalue weighted by Gasteiger charge is -2.29. The standard InChI is InChI=1S/C20H26N2O6S/c1-13-7-9-17(26-3)16(11-13)22(29(6,24)25)14(2)20(23)21-15-8-10-18(27-4)19(12-15)28-5/h7-12,14H,1-6H3,(H,21,23). The summed E-state index contributed by atoms with van der Waals surface area (Å²) in [7, 11) is 0.667. The molecular weight excluding hydrogens is 396 g/mol. The summed E-state index contributed by atoms with van der Waals surface area (Å²) in [6, 6.07) is 9.00. The van der Waals surface area contributed by atoms with Crippen LogP contribution in [0.2, 0.25) is 0 Å². The summed E-state index contributed by atoms with van der Waals surface area (Å²) in [6.45, 7) is 3.34. The van der Waals surface area contributed by atoms with Crippen molar-refractivity contribution in [1.29, 1.82) is 0 Å². The molecule has 29 heavy (non-hydrogen) atoms. The molecule has 2 rings (SSSR count). The van der Waals surface area contributed by atoms with Crippen LogP contribution >= 0.6 is 0 Å². The smallest absolute Gasteiger partial charge is 0.247 e. The van der Waals surface area contributed by atoms with Crippen molar-refractivity contribution in [3.05, 3.63) is 42.0 Å². The third kappa shape index (κ3) is 5.11.